The first kappa shape index (κ1) is 17.0. The fourth-order valence-corrected chi connectivity index (χ4v) is 2.62. The van der Waals surface area contributed by atoms with E-state index in [-0.39, 0.29) is 30.6 Å². The third kappa shape index (κ3) is 4.55. The smallest absolute Gasteiger partial charge is 0.306 e. The summed E-state index contributed by atoms with van der Waals surface area (Å²) in [4.78, 5) is 35.9. The summed E-state index contributed by atoms with van der Waals surface area (Å²) in [6.45, 7) is 0.521. The summed E-state index contributed by atoms with van der Waals surface area (Å²) < 4.78 is 4.50. The van der Waals surface area contributed by atoms with E-state index < -0.39 is 0 Å². The van der Waals surface area contributed by atoms with E-state index in [4.69, 9.17) is 0 Å². The lowest BCUT2D eigenvalue weighted by Crippen LogP contribution is -2.31. The number of rotatable bonds is 6. The van der Waals surface area contributed by atoms with Crippen LogP contribution in [0, 0.1) is 0 Å². The number of carbonyl (C=O) groups excluding carboxylic acids is 3. The molecule has 6 nitrogen and oxygen atoms in total. The number of hydrogen-bond donors (Lipinski definition) is 1. The molecule has 0 bridgehead atoms. The van der Waals surface area contributed by atoms with Crippen LogP contribution in [0.2, 0.25) is 0 Å². The number of methoxy groups -OCH3 is 1. The number of nitrogens with one attached hydrogen (secondary N) is 1. The number of aryl methyl sites for hydroxylation is 1. The van der Waals surface area contributed by atoms with Crippen LogP contribution in [0.15, 0.2) is 18.2 Å². The van der Waals surface area contributed by atoms with Gasteiger partial charge in [-0.2, -0.15) is 0 Å². The van der Waals surface area contributed by atoms with Crippen molar-refractivity contribution in [1.29, 1.82) is 0 Å². The Morgan fingerprint density at radius 1 is 1.26 bits per heavy atom. The molecule has 0 unspecified atom stereocenters. The minimum absolute atomic E-state index is 0.0988. The topological polar surface area (TPSA) is 75.7 Å². The molecule has 23 heavy (non-hydrogen) atoms. The van der Waals surface area contributed by atoms with Crippen molar-refractivity contribution in [2.75, 3.05) is 25.6 Å². The molecular formula is C17H22N2O4. The van der Waals surface area contributed by atoms with E-state index in [9.17, 15) is 14.4 Å². The van der Waals surface area contributed by atoms with Crippen LogP contribution in [-0.4, -0.2) is 38.5 Å². The predicted octanol–water partition coefficient (Wildman–Crippen LogP) is 1.21. The normalized spacial score (nSPS) is 13.5. The van der Waals surface area contributed by atoms with Gasteiger partial charge in [0.2, 0.25) is 11.8 Å². The van der Waals surface area contributed by atoms with Crippen LogP contribution in [-0.2, 0) is 32.0 Å². The third-order valence-corrected chi connectivity index (χ3v) is 4.01. The number of carbonyl (C=O) groups is 3. The Kier molecular flexibility index (Phi) is 5.73. The van der Waals surface area contributed by atoms with E-state index in [0.29, 0.717) is 13.0 Å². The molecule has 0 saturated carbocycles. The van der Waals surface area contributed by atoms with Gasteiger partial charge in [0.05, 0.1) is 13.5 Å². The Morgan fingerprint density at radius 3 is 2.78 bits per heavy atom. The number of fused-ring (bicyclic) bond motifs is 1. The molecule has 124 valence electrons. The molecule has 0 aromatic heterocycles. The fraction of sp³-hybridized carbons (Fsp3) is 0.471. The number of hydrogen-bond acceptors (Lipinski definition) is 4. The molecule has 2 amide bonds. The summed E-state index contributed by atoms with van der Waals surface area (Å²) in [6, 6.07) is 6.04. The Labute approximate surface area is 135 Å². The van der Waals surface area contributed by atoms with E-state index in [0.717, 1.165) is 24.1 Å². The lowest BCUT2D eigenvalue weighted by molar-refractivity contribution is -0.142. The van der Waals surface area contributed by atoms with Crippen molar-refractivity contribution >= 4 is 23.5 Å². The minimum atomic E-state index is -0.381. The monoisotopic (exact) mass is 318 g/mol. The van der Waals surface area contributed by atoms with Crippen molar-refractivity contribution in [3.63, 3.8) is 0 Å². The largest absolute Gasteiger partial charge is 0.469 e. The Balaban J connectivity index is 1.82. The summed E-state index contributed by atoms with van der Waals surface area (Å²) in [7, 11) is 3.10. The Morgan fingerprint density at radius 2 is 2.04 bits per heavy atom. The highest BCUT2D eigenvalue weighted by atomic mass is 16.5. The fourth-order valence-electron chi connectivity index (χ4n) is 2.62. The molecule has 6 heteroatoms. The van der Waals surface area contributed by atoms with Gasteiger partial charge in [0.15, 0.2) is 0 Å². The van der Waals surface area contributed by atoms with Crippen LogP contribution in [0.1, 0.15) is 30.4 Å². The molecule has 1 N–H and O–H groups in total. The van der Waals surface area contributed by atoms with Gasteiger partial charge in [-0.1, -0.05) is 12.1 Å². The van der Waals surface area contributed by atoms with Gasteiger partial charge in [-0.15, -0.1) is 0 Å². The number of esters is 1. The average Bonchev–Trinajstić information content (AvgIpc) is 2.56. The molecule has 1 aliphatic heterocycles. The van der Waals surface area contributed by atoms with Crippen LogP contribution < -0.4 is 10.2 Å². The molecule has 0 fully saturated rings. The van der Waals surface area contributed by atoms with E-state index in [1.54, 1.807) is 11.9 Å². The molecule has 1 aliphatic rings. The summed E-state index contributed by atoms with van der Waals surface area (Å²) >= 11 is 0. The van der Waals surface area contributed by atoms with Crippen molar-refractivity contribution in [1.82, 2.24) is 5.32 Å². The second-order valence-electron chi connectivity index (χ2n) is 5.59. The lowest BCUT2D eigenvalue weighted by atomic mass is 9.98. The molecule has 0 aliphatic carbocycles. The average molecular weight is 318 g/mol. The molecule has 0 saturated heterocycles. The number of benzene rings is 1. The lowest BCUT2D eigenvalue weighted by Gasteiger charge is -2.26. The van der Waals surface area contributed by atoms with Gasteiger partial charge in [-0.3, -0.25) is 14.4 Å². The molecule has 2 rings (SSSR count). The number of nitrogens with zero attached hydrogens (tertiary/aromatic N) is 1. The second kappa shape index (κ2) is 7.76. The summed E-state index contributed by atoms with van der Waals surface area (Å²) in [5.74, 6) is -0.393. The maximum absolute atomic E-state index is 11.7. The maximum Gasteiger partial charge on any atom is 0.306 e. The van der Waals surface area contributed by atoms with Gasteiger partial charge in [0, 0.05) is 32.1 Å². The molecule has 1 aromatic rings. The zero-order valence-corrected chi connectivity index (χ0v) is 13.6. The summed E-state index contributed by atoms with van der Waals surface area (Å²) in [6.07, 6.45) is 2.26. The molecular weight excluding hydrogens is 296 g/mol. The van der Waals surface area contributed by atoms with Crippen LogP contribution in [0.25, 0.3) is 0 Å². The van der Waals surface area contributed by atoms with Crippen LogP contribution in [0.5, 0.6) is 0 Å². The van der Waals surface area contributed by atoms with Crippen molar-refractivity contribution in [2.24, 2.45) is 0 Å². The van der Waals surface area contributed by atoms with Crippen molar-refractivity contribution in [2.45, 2.75) is 32.1 Å². The molecule has 1 aromatic carbocycles. The van der Waals surface area contributed by atoms with E-state index in [1.807, 2.05) is 12.1 Å². The van der Waals surface area contributed by atoms with Crippen LogP contribution in [0.3, 0.4) is 0 Å². The Bertz CT molecular complexity index is 613. The van der Waals surface area contributed by atoms with Gasteiger partial charge in [-0.25, -0.2) is 0 Å². The first-order valence-electron chi connectivity index (χ1n) is 7.73. The SMILES string of the molecule is COC(=O)CCC(=O)NCCc1ccc2c(c1)CCC(=O)N2C. The van der Waals surface area contributed by atoms with Crippen molar-refractivity contribution in [3.05, 3.63) is 29.3 Å². The highest BCUT2D eigenvalue weighted by Crippen LogP contribution is 2.27. The van der Waals surface area contributed by atoms with Crippen molar-refractivity contribution in [3.8, 4) is 0 Å². The zero-order valence-electron chi connectivity index (χ0n) is 13.6. The van der Waals surface area contributed by atoms with Gasteiger partial charge >= 0.3 is 5.97 Å². The van der Waals surface area contributed by atoms with Crippen molar-refractivity contribution < 1.29 is 19.1 Å². The van der Waals surface area contributed by atoms with Gasteiger partial charge < -0.3 is 15.0 Å². The molecule has 0 atom stereocenters. The number of ether oxygens (including phenoxy) is 1. The molecule has 0 spiro atoms. The van der Waals surface area contributed by atoms with E-state index in [1.165, 1.54) is 12.7 Å². The standard InChI is InChI=1S/C17H22N2O4/c1-19-14-5-3-12(11-13(14)4-7-16(19)21)9-10-18-15(20)6-8-17(22)23-2/h3,5,11H,4,6-10H2,1-2H3,(H,18,20). The summed E-state index contributed by atoms with van der Waals surface area (Å²) in [5.41, 5.74) is 3.26. The van der Waals surface area contributed by atoms with Gasteiger partial charge in [-0.05, 0) is 30.0 Å². The highest BCUT2D eigenvalue weighted by Gasteiger charge is 2.20. The first-order chi connectivity index (χ1) is 11.0. The van der Waals surface area contributed by atoms with E-state index >= 15 is 0 Å². The number of amides is 2. The number of anilines is 1. The molecule has 0 radical (unpaired) electrons. The highest BCUT2D eigenvalue weighted by molar-refractivity contribution is 5.95. The predicted molar refractivity (Wildman–Crippen MR) is 86.1 cm³/mol. The van der Waals surface area contributed by atoms with Gasteiger partial charge in [0.25, 0.3) is 0 Å². The van der Waals surface area contributed by atoms with Gasteiger partial charge in [0.1, 0.15) is 0 Å². The zero-order chi connectivity index (χ0) is 16.8. The van der Waals surface area contributed by atoms with Crippen LogP contribution in [0.4, 0.5) is 5.69 Å². The molecule has 1 heterocycles. The minimum Gasteiger partial charge on any atom is -0.469 e. The maximum atomic E-state index is 11.7. The second-order valence-corrected chi connectivity index (χ2v) is 5.59. The van der Waals surface area contributed by atoms with Crippen LogP contribution >= 0.6 is 0 Å². The summed E-state index contributed by atoms with van der Waals surface area (Å²) in [5, 5.41) is 2.80. The first-order valence-corrected chi connectivity index (χ1v) is 7.73. The quantitative estimate of drug-likeness (QED) is 0.800. The Hall–Kier alpha value is -2.37. The third-order valence-electron chi connectivity index (χ3n) is 4.01. The van der Waals surface area contributed by atoms with E-state index in [2.05, 4.69) is 16.1 Å².